The SMILES string of the molecule is CC(=O)OC[C@H]1O[C@@H](Oc2ccc(Sc3ccc(O)cc3)cc2)[C@H](OC(C)=O)[C@@H](OC(C)=O)[C@@H]1OC(C)=O. The van der Waals surface area contributed by atoms with Crippen molar-refractivity contribution in [3.8, 4) is 11.5 Å². The highest BCUT2D eigenvalue weighted by atomic mass is 32.2. The Hall–Kier alpha value is -3.77. The molecule has 1 saturated heterocycles. The minimum absolute atomic E-state index is 0.169. The number of ether oxygens (including phenoxy) is 6. The lowest BCUT2D eigenvalue weighted by molar-refractivity contribution is -0.288. The number of carbonyl (C=O) groups is 4. The molecule has 0 amide bonds. The molecule has 3 rings (SSSR count). The molecular formula is C26H28O11S. The van der Waals surface area contributed by atoms with Gasteiger partial charge in [-0.1, -0.05) is 11.8 Å². The third-order valence-corrected chi connectivity index (χ3v) is 6.11. The molecule has 12 heteroatoms. The Morgan fingerprint density at radius 2 is 1.24 bits per heavy atom. The Labute approximate surface area is 223 Å². The summed E-state index contributed by atoms with van der Waals surface area (Å²) in [6.45, 7) is 4.30. The van der Waals surface area contributed by atoms with E-state index in [4.69, 9.17) is 28.4 Å². The predicted molar refractivity (Wildman–Crippen MR) is 131 cm³/mol. The number of phenols is 1. The molecule has 1 aliphatic rings. The first-order chi connectivity index (χ1) is 18.0. The monoisotopic (exact) mass is 548 g/mol. The molecule has 2 aromatic carbocycles. The van der Waals surface area contributed by atoms with Crippen LogP contribution in [0.25, 0.3) is 0 Å². The second-order valence-electron chi connectivity index (χ2n) is 8.25. The summed E-state index contributed by atoms with van der Waals surface area (Å²) in [5.74, 6) is -2.27. The Kier molecular flexibility index (Phi) is 9.97. The quantitative estimate of drug-likeness (QED) is 0.363. The number of hydrogen-bond donors (Lipinski definition) is 1. The normalized spacial score (nSPS) is 22.6. The van der Waals surface area contributed by atoms with E-state index < -0.39 is 54.6 Å². The minimum Gasteiger partial charge on any atom is -0.508 e. The lowest BCUT2D eigenvalue weighted by Crippen LogP contribution is -2.63. The van der Waals surface area contributed by atoms with Gasteiger partial charge in [0.2, 0.25) is 12.4 Å². The first-order valence-electron chi connectivity index (χ1n) is 11.6. The first-order valence-corrected chi connectivity index (χ1v) is 12.4. The van der Waals surface area contributed by atoms with Gasteiger partial charge in [-0.05, 0) is 48.5 Å². The van der Waals surface area contributed by atoms with Crippen LogP contribution in [0.4, 0.5) is 0 Å². The molecule has 5 atom stereocenters. The third-order valence-electron chi connectivity index (χ3n) is 5.10. The number of rotatable bonds is 9. The van der Waals surface area contributed by atoms with Crippen LogP contribution in [0.2, 0.25) is 0 Å². The second-order valence-corrected chi connectivity index (χ2v) is 9.40. The van der Waals surface area contributed by atoms with E-state index >= 15 is 0 Å². The largest absolute Gasteiger partial charge is 0.508 e. The molecule has 2 aromatic rings. The number of hydrogen-bond acceptors (Lipinski definition) is 12. The summed E-state index contributed by atoms with van der Waals surface area (Å²) >= 11 is 1.46. The third kappa shape index (κ3) is 8.38. The van der Waals surface area contributed by atoms with Gasteiger partial charge in [-0.15, -0.1) is 0 Å². The number of phenolic OH excluding ortho intramolecular Hbond substituents is 1. The van der Waals surface area contributed by atoms with Crippen LogP contribution in [0.1, 0.15) is 27.7 Å². The predicted octanol–water partition coefficient (Wildman–Crippen LogP) is 3.01. The summed E-state index contributed by atoms with van der Waals surface area (Å²) in [6.07, 6.45) is -6.31. The van der Waals surface area contributed by atoms with Gasteiger partial charge in [-0.3, -0.25) is 19.2 Å². The smallest absolute Gasteiger partial charge is 0.303 e. The van der Waals surface area contributed by atoms with Gasteiger partial charge in [0.05, 0.1) is 0 Å². The maximum absolute atomic E-state index is 11.9. The van der Waals surface area contributed by atoms with Crippen LogP contribution in [-0.4, -0.2) is 66.3 Å². The molecule has 11 nitrogen and oxygen atoms in total. The van der Waals surface area contributed by atoms with Crippen molar-refractivity contribution < 1.29 is 52.7 Å². The zero-order valence-electron chi connectivity index (χ0n) is 21.2. The van der Waals surface area contributed by atoms with Gasteiger partial charge >= 0.3 is 23.9 Å². The highest BCUT2D eigenvalue weighted by molar-refractivity contribution is 7.99. The van der Waals surface area contributed by atoms with Gasteiger partial charge in [0, 0.05) is 37.5 Å². The molecular weight excluding hydrogens is 520 g/mol. The van der Waals surface area contributed by atoms with Gasteiger partial charge in [-0.2, -0.15) is 0 Å². The first kappa shape index (κ1) is 28.8. The van der Waals surface area contributed by atoms with E-state index in [2.05, 4.69) is 0 Å². The average Bonchev–Trinajstić information content (AvgIpc) is 2.83. The Balaban J connectivity index is 1.87. The molecule has 0 aromatic heterocycles. The number of carbonyl (C=O) groups excluding carboxylic acids is 4. The molecule has 204 valence electrons. The van der Waals surface area contributed by atoms with Crippen LogP contribution >= 0.6 is 11.8 Å². The van der Waals surface area contributed by atoms with Gasteiger partial charge < -0.3 is 33.5 Å². The maximum atomic E-state index is 11.9. The van der Waals surface area contributed by atoms with Crippen molar-refractivity contribution in [2.75, 3.05) is 6.61 Å². The highest BCUT2D eigenvalue weighted by Crippen LogP contribution is 2.33. The van der Waals surface area contributed by atoms with Crippen molar-refractivity contribution in [3.05, 3.63) is 48.5 Å². The molecule has 0 aliphatic carbocycles. The van der Waals surface area contributed by atoms with Crippen molar-refractivity contribution in [1.82, 2.24) is 0 Å². The second kappa shape index (κ2) is 13.2. The minimum atomic E-state index is -1.32. The molecule has 1 fully saturated rings. The van der Waals surface area contributed by atoms with E-state index in [0.717, 1.165) is 30.6 Å². The summed E-state index contributed by atoms with van der Waals surface area (Å²) < 4.78 is 33.1. The summed E-state index contributed by atoms with van der Waals surface area (Å²) in [5.41, 5.74) is 0. The zero-order chi connectivity index (χ0) is 27.8. The molecule has 0 spiro atoms. The van der Waals surface area contributed by atoms with Crippen LogP contribution < -0.4 is 4.74 Å². The van der Waals surface area contributed by atoms with Gasteiger partial charge in [-0.25, -0.2) is 0 Å². The molecule has 0 radical (unpaired) electrons. The number of benzene rings is 2. The van der Waals surface area contributed by atoms with E-state index in [1.165, 1.54) is 18.7 Å². The molecule has 0 bridgehead atoms. The van der Waals surface area contributed by atoms with Gasteiger partial charge in [0.15, 0.2) is 12.2 Å². The van der Waals surface area contributed by atoms with Gasteiger partial charge in [0.25, 0.3) is 0 Å². The van der Waals surface area contributed by atoms with Crippen molar-refractivity contribution in [3.63, 3.8) is 0 Å². The van der Waals surface area contributed by atoms with Crippen molar-refractivity contribution in [2.45, 2.75) is 68.2 Å². The average molecular weight is 549 g/mol. The fraction of sp³-hybridized carbons (Fsp3) is 0.385. The van der Waals surface area contributed by atoms with Crippen molar-refractivity contribution >= 4 is 35.6 Å². The zero-order valence-corrected chi connectivity index (χ0v) is 22.0. The molecule has 0 unspecified atom stereocenters. The lowest BCUT2D eigenvalue weighted by atomic mass is 9.98. The highest BCUT2D eigenvalue weighted by Gasteiger charge is 2.53. The molecule has 38 heavy (non-hydrogen) atoms. The fourth-order valence-electron chi connectivity index (χ4n) is 3.65. The van der Waals surface area contributed by atoms with E-state index in [1.807, 2.05) is 0 Å². The van der Waals surface area contributed by atoms with E-state index in [9.17, 15) is 24.3 Å². The lowest BCUT2D eigenvalue weighted by Gasteiger charge is -2.43. The summed E-state index contributed by atoms with van der Waals surface area (Å²) in [5, 5.41) is 9.45. The van der Waals surface area contributed by atoms with Crippen molar-refractivity contribution in [1.29, 1.82) is 0 Å². The van der Waals surface area contributed by atoms with Crippen LogP contribution in [-0.2, 0) is 42.9 Å². The van der Waals surface area contributed by atoms with E-state index in [1.54, 1.807) is 48.5 Å². The number of esters is 4. The standard InChI is InChI=1S/C26H28O11S/c1-14(27)32-13-22-23(33-15(2)28)24(34-16(3)29)25(35-17(4)30)26(37-22)36-19-7-11-21(12-8-19)38-20-9-5-18(31)6-10-20/h5-12,22-26,31H,13H2,1-4H3/t22-,23-,24+,25-,26-/m1/s1. The van der Waals surface area contributed by atoms with Crippen LogP contribution in [0.3, 0.4) is 0 Å². The van der Waals surface area contributed by atoms with Gasteiger partial charge in [0.1, 0.15) is 24.2 Å². The summed E-state index contributed by atoms with van der Waals surface area (Å²) in [6, 6.07) is 13.6. The van der Waals surface area contributed by atoms with Crippen LogP contribution in [0.15, 0.2) is 58.3 Å². The van der Waals surface area contributed by atoms with E-state index in [-0.39, 0.29) is 12.4 Å². The van der Waals surface area contributed by atoms with Crippen LogP contribution in [0, 0.1) is 0 Å². The molecule has 1 aliphatic heterocycles. The summed E-state index contributed by atoms with van der Waals surface area (Å²) in [4.78, 5) is 48.9. The fourth-order valence-corrected chi connectivity index (χ4v) is 4.47. The maximum Gasteiger partial charge on any atom is 0.303 e. The van der Waals surface area contributed by atoms with Crippen LogP contribution in [0.5, 0.6) is 11.5 Å². The molecule has 1 N–H and O–H groups in total. The summed E-state index contributed by atoms with van der Waals surface area (Å²) in [7, 11) is 0. The topological polar surface area (TPSA) is 144 Å². The molecule has 0 saturated carbocycles. The molecule has 1 heterocycles. The van der Waals surface area contributed by atoms with E-state index in [0.29, 0.717) is 5.75 Å². The Morgan fingerprint density at radius 1 is 0.737 bits per heavy atom. The number of aromatic hydroxyl groups is 1. The van der Waals surface area contributed by atoms with Crippen molar-refractivity contribution in [2.24, 2.45) is 0 Å². The Bertz CT molecular complexity index is 1130. The Morgan fingerprint density at radius 3 is 1.76 bits per heavy atom.